The third-order valence-electron chi connectivity index (χ3n) is 19.4. The van der Waals surface area contributed by atoms with Crippen molar-refractivity contribution in [3.05, 3.63) is 207 Å². The summed E-state index contributed by atoms with van der Waals surface area (Å²) in [5.41, 5.74) is 8.62. The monoisotopic (exact) mass is 1620 g/mol. The number of carboxylic acid groups (broad SMARTS) is 1. The van der Waals surface area contributed by atoms with E-state index >= 15 is 0 Å². The lowest BCUT2D eigenvalue weighted by Crippen LogP contribution is -2.47. The number of carbonyl (C=O) groups excluding carboxylic acids is 3. The molecule has 6 aromatic heterocycles. The van der Waals surface area contributed by atoms with Crippen molar-refractivity contribution < 1.29 is 38.5 Å². The van der Waals surface area contributed by atoms with Gasteiger partial charge >= 0.3 is 0 Å². The number of thioether (sulfide) groups is 3. The van der Waals surface area contributed by atoms with Crippen LogP contribution in [0.15, 0.2) is 157 Å². The summed E-state index contributed by atoms with van der Waals surface area (Å²) < 4.78 is 22.0. The molecule has 582 valence electrons. The topological polar surface area (TPSA) is 248 Å². The third kappa shape index (κ3) is 17.8. The van der Waals surface area contributed by atoms with Crippen molar-refractivity contribution in [1.82, 2.24) is 42.9 Å². The molecular formula is C80H85N15O11S6. The highest BCUT2D eigenvalue weighted by Gasteiger charge is 2.36. The first-order valence-electron chi connectivity index (χ1n) is 36.4. The molecule has 0 spiro atoms. The van der Waals surface area contributed by atoms with Crippen molar-refractivity contribution in [1.29, 1.82) is 0 Å². The highest BCUT2D eigenvalue weighted by molar-refractivity contribution is 8.27. The van der Waals surface area contributed by atoms with Gasteiger partial charge in [-0.25, -0.2) is 15.0 Å². The second-order valence-electron chi connectivity index (χ2n) is 26.6. The lowest BCUT2D eigenvalue weighted by Gasteiger charge is -2.37. The van der Waals surface area contributed by atoms with Crippen molar-refractivity contribution in [3.63, 3.8) is 0 Å². The molecule has 6 saturated heterocycles. The van der Waals surface area contributed by atoms with Gasteiger partial charge in [0, 0.05) is 141 Å². The van der Waals surface area contributed by atoms with Gasteiger partial charge in [-0.2, -0.15) is 0 Å². The average molecular weight is 1630 g/mol. The van der Waals surface area contributed by atoms with Crippen LogP contribution in [0, 0.1) is 20.8 Å². The van der Waals surface area contributed by atoms with E-state index in [2.05, 4.69) is 65.8 Å². The number of nitrogens with zero attached hydrogens (tertiary/aromatic N) is 15. The molecule has 0 atom stereocenters. The van der Waals surface area contributed by atoms with Crippen molar-refractivity contribution in [2.75, 3.05) is 149 Å². The maximum Gasteiger partial charge on any atom is 0.300 e. The van der Waals surface area contributed by atoms with Gasteiger partial charge in [-0.1, -0.05) is 90.1 Å². The number of fused-ring (bicyclic) bond motifs is 3. The molecule has 9 aromatic rings. The van der Waals surface area contributed by atoms with E-state index in [0.29, 0.717) is 138 Å². The number of rotatable bonds is 15. The molecule has 26 nitrogen and oxygen atoms in total. The molecule has 3 amide bonds. The highest BCUT2D eigenvalue weighted by atomic mass is 32.2. The number of hydrogen-bond donors (Lipinski definition) is 1. The Bertz CT molecular complexity index is 4920. The number of ether oxygens (including phenoxy) is 3. The second kappa shape index (κ2) is 35.8. The van der Waals surface area contributed by atoms with Gasteiger partial charge in [0.25, 0.3) is 40.4 Å². The van der Waals surface area contributed by atoms with E-state index in [9.17, 15) is 28.8 Å². The Hall–Kier alpha value is -10.6. The molecule has 3 aromatic carbocycles. The SMILES string of the molecule is CC(=O)O.CCN1C(=O)/C(=C/c2c(N3CCN(c4ccc(OC)cc4)CC3)nc3ccc(C)cn3c2=O)SC1=S.CCN1C(=O)/C(=C/c2c(N3CCN(c4ccc(OC)cc4)CC3)nc3ccc(C)cn3c2=O)SC1=S.CCN1C(=O)/C(=C/c2c(N3CCN(c4ccc(OC)cc4)CC3)nc3ccc(C)cn3c2=O)SC1=S. The number of thiocarbonyl (C=S) groups is 3. The number of carbonyl (C=O) groups is 4. The fourth-order valence-electron chi connectivity index (χ4n) is 13.5. The fraction of sp³-hybridized carbons (Fsp3) is 0.312. The number of pyridine rings is 3. The number of benzene rings is 3. The Morgan fingerprint density at radius 3 is 0.821 bits per heavy atom. The third-order valence-corrected chi connectivity index (χ3v) is 23.5. The summed E-state index contributed by atoms with van der Waals surface area (Å²) in [7, 11) is 4.98. The number of anilines is 6. The van der Waals surface area contributed by atoms with E-state index in [0.717, 1.165) is 97.2 Å². The van der Waals surface area contributed by atoms with Crippen LogP contribution in [0.25, 0.3) is 35.2 Å². The summed E-state index contributed by atoms with van der Waals surface area (Å²) in [6, 6.07) is 35.5. The standard InChI is InChI=1S/3C26H27N5O3S2.C2H4O2/c3*1-4-30-25(33)21(36-26(30)35)15-20-23(27-22-10-5-17(2)16-31(22)24(20)32)29-13-11-28(12-14-29)18-6-8-19(34-3)9-7-18;1-2(3)4/h3*5-10,15-16H,4,11-14H2,1-3H3;1H3,(H,3,4)/b3*21-15-;. The average Bonchev–Trinajstić information content (AvgIpc) is 1.05. The van der Waals surface area contributed by atoms with Crippen LogP contribution in [-0.4, -0.2) is 204 Å². The number of methoxy groups -OCH3 is 3. The Morgan fingerprint density at radius 2 is 0.616 bits per heavy atom. The Labute approximate surface area is 676 Å². The number of carboxylic acids is 1. The van der Waals surface area contributed by atoms with E-state index in [4.69, 9.17) is 75.7 Å². The van der Waals surface area contributed by atoms with Crippen LogP contribution in [-0.2, 0) is 19.2 Å². The van der Waals surface area contributed by atoms with Crippen LogP contribution in [0.3, 0.4) is 0 Å². The first-order chi connectivity index (χ1) is 53.9. The summed E-state index contributed by atoms with van der Waals surface area (Å²) in [4.78, 5) is 123. The second-order valence-corrected chi connectivity index (χ2v) is 31.6. The van der Waals surface area contributed by atoms with Gasteiger partial charge < -0.3 is 48.7 Å². The fourth-order valence-corrected chi connectivity index (χ4v) is 17.6. The minimum atomic E-state index is -0.833. The molecule has 0 radical (unpaired) electrons. The number of aliphatic carboxylic acids is 1. The summed E-state index contributed by atoms with van der Waals surface area (Å²) in [5.74, 6) is 2.93. The minimum absolute atomic E-state index is 0.170. The molecule has 0 unspecified atom stereocenters. The first kappa shape index (κ1) is 80.9. The van der Waals surface area contributed by atoms with Crippen LogP contribution in [0.4, 0.5) is 34.5 Å². The Kier molecular flexibility index (Phi) is 25.8. The molecule has 112 heavy (non-hydrogen) atoms. The van der Waals surface area contributed by atoms with Gasteiger partial charge in [0.2, 0.25) is 0 Å². The minimum Gasteiger partial charge on any atom is -0.497 e. The molecular weight excluding hydrogens is 1540 g/mol. The van der Waals surface area contributed by atoms with Gasteiger partial charge in [0.1, 0.15) is 64.6 Å². The number of amides is 3. The molecule has 0 bridgehead atoms. The Morgan fingerprint density at radius 1 is 0.393 bits per heavy atom. The predicted octanol–water partition coefficient (Wildman–Crippen LogP) is 10.8. The van der Waals surface area contributed by atoms with E-state index in [1.54, 1.807) is 86.0 Å². The highest BCUT2D eigenvalue weighted by Crippen LogP contribution is 2.38. The largest absolute Gasteiger partial charge is 0.497 e. The van der Waals surface area contributed by atoms with Crippen molar-refractivity contribution in [2.45, 2.75) is 48.5 Å². The quantitative estimate of drug-likeness (QED) is 0.0740. The molecule has 15 rings (SSSR count). The zero-order valence-electron chi connectivity index (χ0n) is 63.7. The molecule has 6 fully saturated rings. The smallest absolute Gasteiger partial charge is 0.300 e. The van der Waals surface area contributed by atoms with E-state index in [1.807, 2.05) is 114 Å². The van der Waals surface area contributed by atoms with Crippen LogP contribution < -0.4 is 60.3 Å². The Balaban J connectivity index is 0.000000152. The maximum atomic E-state index is 13.7. The lowest BCUT2D eigenvalue weighted by molar-refractivity contribution is -0.134. The summed E-state index contributed by atoms with van der Waals surface area (Å²) >= 11 is 19.8. The van der Waals surface area contributed by atoms with Crippen LogP contribution >= 0.6 is 71.9 Å². The van der Waals surface area contributed by atoms with Crippen LogP contribution in [0.2, 0.25) is 0 Å². The zero-order valence-corrected chi connectivity index (χ0v) is 68.5. The molecule has 6 aliphatic rings. The normalized spacial score (nSPS) is 17.1. The number of likely N-dealkylation sites (N-methyl/N-ethyl adjacent to an activating group) is 3. The lowest BCUT2D eigenvalue weighted by atomic mass is 10.2. The molecule has 6 aliphatic heterocycles. The van der Waals surface area contributed by atoms with Gasteiger partial charge in [-0.15, -0.1) is 0 Å². The molecule has 12 heterocycles. The van der Waals surface area contributed by atoms with Crippen molar-refractivity contribution in [3.8, 4) is 17.2 Å². The molecule has 0 aliphatic carbocycles. The van der Waals surface area contributed by atoms with E-state index in [1.165, 1.54) is 35.3 Å². The summed E-state index contributed by atoms with van der Waals surface area (Å²) in [6.45, 7) is 22.8. The maximum absolute atomic E-state index is 13.7. The van der Waals surface area contributed by atoms with Crippen molar-refractivity contribution in [2.24, 2.45) is 0 Å². The number of hydrogen-bond acceptors (Lipinski definition) is 25. The molecule has 0 saturated carbocycles. The van der Waals surface area contributed by atoms with Crippen LogP contribution in [0.1, 0.15) is 61.1 Å². The number of aromatic nitrogens is 6. The zero-order chi connectivity index (χ0) is 79.8. The number of piperazine rings is 3. The van der Waals surface area contributed by atoms with Gasteiger partial charge in [-0.05, 0) is 167 Å². The summed E-state index contributed by atoms with van der Waals surface area (Å²) in [6.07, 6.45) is 10.4. The first-order valence-corrected chi connectivity index (χ1v) is 40.1. The predicted molar refractivity (Wildman–Crippen MR) is 461 cm³/mol. The van der Waals surface area contributed by atoms with Gasteiger partial charge in [0.15, 0.2) is 0 Å². The summed E-state index contributed by atoms with van der Waals surface area (Å²) in [5, 5.41) is 7.42. The molecule has 1 N–H and O–H groups in total. The van der Waals surface area contributed by atoms with Gasteiger partial charge in [-0.3, -0.25) is 61.5 Å². The number of aryl methyl sites for hydroxylation is 3. The van der Waals surface area contributed by atoms with Crippen molar-refractivity contribution >= 4 is 178 Å². The molecule has 32 heteroatoms. The van der Waals surface area contributed by atoms with E-state index < -0.39 is 5.97 Å². The van der Waals surface area contributed by atoms with Crippen LogP contribution in [0.5, 0.6) is 17.2 Å². The van der Waals surface area contributed by atoms with Gasteiger partial charge in [0.05, 0.1) is 52.7 Å². The van der Waals surface area contributed by atoms with E-state index in [-0.39, 0.29) is 34.4 Å².